The van der Waals surface area contributed by atoms with Gasteiger partial charge in [0.1, 0.15) is 0 Å². The van der Waals surface area contributed by atoms with Crippen LogP contribution in [0.5, 0.6) is 0 Å². The number of amides is 2. The van der Waals surface area contributed by atoms with E-state index < -0.39 is 12.1 Å². The summed E-state index contributed by atoms with van der Waals surface area (Å²) >= 11 is 0. The molecule has 4 bridgehead atoms. The molecule has 1 unspecified atom stereocenters. The van der Waals surface area contributed by atoms with E-state index in [1.807, 2.05) is 0 Å². The van der Waals surface area contributed by atoms with E-state index in [9.17, 15) is 14.0 Å². The molecular weight excluding hydrogens is 359 g/mol. The second-order valence-corrected chi connectivity index (χ2v) is 9.73. The fraction of sp³-hybridized carbons (Fsp3) is 0.909. The largest absolute Gasteiger partial charge is 0.461 e. The molecule has 0 spiro atoms. The SMILES string of the molecule is CC(C)OC(=O)C(F)CCCCCCNC(=O)NC12CC3CC(CC(C3)C1)C2. The minimum Gasteiger partial charge on any atom is -0.461 e. The Bertz CT molecular complexity index is 517. The van der Waals surface area contributed by atoms with Crippen LogP contribution in [0, 0.1) is 17.8 Å². The van der Waals surface area contributed by atoms with Gasteiger partial charge in [0.25, 0.3) is 0 Å². The van der Waals surface area contributed by atoms with Gasteiger partial charge in [0.15, 0.2) is 6.17 Å². The Labute approximate surface area is 168 Å². The molecule has 4 saturated carbocycles. The summed E-state index contributed by atoms with van der Waals surface area (Å²) in [6, 6.07) is -0.0257. The highest BCUT2D eigenvalue weighted by atomic mass is 19.1. The molecule has 0 saturated heterocycles. The lowest BCUT2D eigenvalue weighted by Gasteiger charge is -2.56. The second kappa shape index (κ2) is 9.45. The van der Waals surface area contributed by atoms with Crippen molar-refractivity contribution in [1.82, 2.24) is 10.6 Å². The van der Waals surface area contributed by atoms with Gasteiger partial charge in [0, 0.05) is 12.1 Å². The molecular formula is C22H37FN2O3. The number of halogens is 1. The van der Waals surface area contributed by atoms with Crippen molar-refractivity contribution in [2.24, 2.45) is 17.8 Å². The molecule has 0 radical (unpaired) electrons. The lowest BCUT2D eigenvalue weighted by atomic mass is 9.53. The highest BCUT2D eigenvalue weighted by molar-refractivity contribution is 5.75. The van der Waals surface area contributed by atoms with Crippen LogP contribution in [0.15, 0.2) is 0 Å². The van der Waals surface area contributed by atoms with Gasteiger partial charge in [-0.2, -0.15) is 0 Å². The number of hydrogen-bond donors (Lipinski definition) is 2. The third kappa shape index (κ3) is 5.84. The average molecular weight is 397 g/mol. The fourth-order valence-electron chi connectivity index (χ4n) is 5.98. The number of carbonyl (C=O) groups is 2. The molecule has 0 aromatic carbocycles. The number of unbranched alkanes of at least 4 members (excludes halogenated alkanes) is 3. The Balaban J connectivity index is 1.23. The Morgan fingerprint density at radius 2 is 1.57 bits per heavy atom. The molecule has 4 fully saturated rings. The third-order valence-corrected chi connectivity index (χ3v) is 6.69. The zero-order chi connectivity index (χ0) is 20.1. The van der Waals surface area contributed by atoms with E-state index in [2.05, 4.69) is 10.6 Å². The van der Waals surface area contributed by atoms with E-state index in [1.54, 1.807) is 13.8 Å². The number of rotatable bonds is 10. The molecule has 4 aliphatic rings. The monoisotopic (exact) mass is 396 g/mol. The number of urea groups is 1. The van der Waals surface area contributed by atoms with Crippen molar-refractivity contribution < 1.29 is 18.7 Å². The topological polar surface area (TPSA) is 67.4 Å². The van der Waals surface area contributed by atoms with E-state index in [0.717, 1.165) is 56.3 Å². The summed E-state index contributed by atoms with van der Waals surface area (Å²) in [6.07, 6.45) is 9.33. The van der Waals surface area contributed by atoms with E-state index >= 15 is 0 Å². The number of ether oxygens (including phenoxy) is 1. The number of nitrogens with one attached hydrogen (secondary N) is 2. The Morgan fingerprint density at radius 3 is 2.14 bits per heavy atom. The summed E-state index contributed by atoms with van der Waals surface area (Å²) in [5.41, 5.74) is 0.0551. The van der Waals surface area contributed by atoms with Crippen molar-refractivity contribution in [2.45, 2.75) is 102 Å². The molecule has 0 aromatic heterocycles. The van der Waals surface area contributed by atoms with E-state index in [-0.39, 0.29) is 24.1 Å². The van der Waals surface area contributed by atoms with Crippen LogP contribution in [0.1, 0.15) is 84.5 Å². The first-order valence-electron chi connectivity index (χ1n) is 11.3. The Morgan fingerprint density at radius 1 is 1.00 bits per heavy atom. The number of esters is 1. The highest BCUT2D eigenvalue weighted by Crippen LogP contribution is 2.55. The van der Waals surface area contributed by atoms with Crippen LogP contribution in [0.2, 0.25) is 0 Å². The first-order chi connectivity index (χ1) is 13.3. The second-order valence-electron chi connectivity index (χ2n) is 9.73. The van der Waals surface area contributed by atoms with Gasteiger partial charge in [-0.3, -0.25) is 0 Å². The normalized spacial score (nSPS) is 31.6. The molecule has 2 amide bonds. The maximum absolute atomic E-state index is 13.7. The van der Waals surface area contributed by atoms with Gasteiger partial charge >= 0.3 is 12.0 Å². The van der Waals surface area contributed by atoms with Crippen LogP contribution in [-0.2, 0) is 9.53 Å². The standard InChI is InChI=1S/C22H37FN2O3/c1-15(2)28-20(26)19(23)7-5-3-4-6-8-24-21(27)25-22-12-16-9-17(13-22)11-18(10-16)14-22/h15-19H,3-14H2,1-2H3,(H2,24,25,27). The predicted molar refractivity (Wildman–Crippen MR) is 107 cm³/mol. The molecule has 4 aliphatic carbocycles. The predicted octanol–water partition coefficient (Wildman–Crippen LogP) is 4.49. The highest BCUT2D eigenvalue weighted by Gasteiger charge is 2.51. The first-order valence-corrected chi connectivity index (χ1v) is 11.3. The number of carbonyl (C=O) groups excluding carboxylic acids is 2. The van der Waals surface area contributed by atoms with Gasteiger partial charge in [-0.25, -0.2) is 14.0 Å². The van der Waals surface area contributed by atoms with Crippen molar-refractivity contribution in [1.29, 1.82) is 0 Å². The van der Waals surface area contributed by atoms with Crippen molar-refractivity contribution in [3.8, 4) is 0 Å². The minimum atomic E-state index is -1.52. The first kappa shape index (κ1) is 21.4. The molecule has 4 rings (SSSR count). The van der Waals surface area contributed by atoms with E-state index in [4.69, 9.17) is 4.74 Å². The summed E-state index contributed by atoms with van der Waals surface area (Å²) in [4.78, 5) is 23.8. The molecule has 0 heterocycles. The molecule has 0 aliphatic heterocycles. The Hall–Kier alpha value is -1.33. The summed E-state index contributed by atoms with van der Waals surface area (Å²) in [6.45, 7) is 4.08. The molecule has 2 N–H and O–H groups in total. The fourth-order valence-corrected chi connectivity index (χ4v) is 5.98. The van der Waals surface area contributed by atoms with Crippen LogP contribution in [0.4, 0.5) is 9.18 Å². The molecule has 6 heteroatoms. The van der Waals surface area contributed by atoms with Gasteiger partial charge in [-0.05, 0) is 89.4 Å². The quantitative estimate of drug-likeness (QED) is 0.422. The number of alkyl halides is 1. The van der Waals surface area contributed by atoms with Gasteiger partial charge in [0.05, 0.1) is 6.10 Å². The lowest BCUT2D eigenvalue weighted by molar-refractivity contribution is -0.153. The molecule has 0 aromatic rings. The van der Waals surface area contributed by atoms with Crippen molar-refractivity contribution in [2.75, 3.05) is 6.54 Å². The van der Waals surface area contributed by atoms with Crippen LogP contribution in [0.25, 0.3) is 0 Å². The minimum absolute atomic E-state index is 0.0257. The summed E-state index contributed by atoms with van der Waals surface area (Å²) in [5.74, 6) is 1.72. The summed E-state index contributed by atoms with van der Waals surface area (Å²) < 4.78 is 18.5. The molecule has 1 atom stereocenters. The molecule has 28 heavy (non-hydrogen) atoms. The molecule has 5 nitrogen and oxygen atoms in total. The van der Waals surface area contributed by atoms with Crippen molar-refractivity contribution in [3.05, 3.63) is 0 Å². The average Bonchev–Trinajstić information content (AvgIpc) is 2.58. The van der Waals surface area contributed by atoms with Crippen LogP contribution < -0.4 is 10.6 Å². The molecule has 160 valence electrons. The van der Waals surface area contributed by atoms with Gasteiger partial charge in [-0.1, -0.05) is 12.8 Å². The lowest BCUT2D eigenvalue weighted by Crippen LogP contribution is -2.61. The van der Waals surface area contributed by atoms with Crippen molar-refractivity contribution >= 4 is 12.0 Å². The Kier molecular flexibility index (Phi) is 7.21. The van der Waals surface area contributed by atoms with Gasteiger partial charge in [0.2, 0.25) is 0 Å². The smallest absolute Gasteiger partial charge is 0.340 e. The zero-order valence-electron chi connectivity index (χ0n) is 17.5. The maximum Gasteiger partial charge on any atom is 0.340 e. The summed E-state index contributed by atoms with van der Waals surface area (Å²) in [7, 11) is 0. The van der Waals surface area contributed by atoms with Crippen LogP contribution in [-0.4, -0.2) is 36.4 Å². The van der Waals surface area contributed by atoms with Gasteiger partial charge in [-0.15, -0.1) is 0 Å². The van der Waals surface area contributed by atoms with E-state index in [1.165, 1.54) is 19.3 Å². The maximum atomic E-state index is 13.7. The third-order valence-electron chi connectivity index (χ3n) is 6.69. The van der Waals surface area contributed by atoms with E-state index in [0.29, 0.717) is 13.0 Å². The van der Waals surface area contributed by atoms with Gasteiger partial charge < -0.3 is 15.4 Å². The van der Waals surface area contributed by atoms with Crippen molar-refractivity contribution in [3.63, 3.8) is 0 Å². The summed E-state index contributed by atoms with van der Waals surface area (Å²) in [5, 5.41) is 6.32. The van der Waals surface area contributed by atoms with Crippen LogP contribution in [0.3, 0.4) is 0 Å². The number of hydrogen-bond acceptors (Lipinski definition) is 3. The van der Waals surface area contributed by atoms with Crippen LogP contribution >= 0.6 is 0 Å². The zero-order valence-corrected chi connectivity index (χ0v) is 17.5.